The van der Waals surface area contributed by atoms with E-state index in [0.717, 1.165) is 24.9 Å². The van der Waals surface area contributed by atoms with Crippen molar-refractivity contribution < 1.29 is 0 Å². The summed E-state index contributed by atoms with van der Waals surface area (Å²) in [5, 5.41) is 8.22. The van der Waals surface area contributed by atoms with Gasteiger partial charge in [0, 0.05) is 34.6 Å². The lowest BCUT2D eigenvalue weighted by molar-refractivity contribution is 0.477. The van der Waals surface area contributed by atoms with Gasteiger partial charge in [-0.15, -0.1) is 11.3 Å². The summed E-state index contributed by atoms with van der Waals surface area (Å²) in [5.74, 6) is 0. The Kier molecular flexibility index (Phi) is 5.70. The van der Waals surface area contributed by atoms with E-state index in [1.54, 1.807) is 0 Å². The molecule has 2 nitrogen and oxygen atoms in total. The van der Waals surface area contributed by atoms with Crippen LogP contribution in [-0.2, 0) is 6.42 Å². The molecular weight excluding hydrogens is 383 g/mol. The summed E-state index contributed by atoms with van der Waals surface area (Å²) in [4.78, 5) is 4.73. The molecule has 2 aromatic heterocycles. The van der Waals surface area contributed by atoms with E-state index in [2.05, 4.69) is 40.1 Å². The molecule has 3 aromatic rings. The third-order valence-corrected chi connectivity index (χ3v) is 6.78. The zero-order valence-electron chi connectivity index (χ0n) is 14.5. The zero-order chi connectivity index (χ0) is 17.9. The first-order chi connectivity index (χ1) is 12.7. The lowest BCUT2D eigenvalue weighted by Gasteiger charge is -2.24. The maximum absolute atomic E-state index is 6.18. The molecule has 1 unspecified atom stereocenters. The molecule has 0 fully saturated rings. The van der Waals surface area contributed by atoms with Gasteiger partial charge in [-0.25, -0.2) is 0 Å². The summed E-state index contributed by atoms with van der Waals surface area (Å²) in [6.07, 6.45) is 10.3. The van der Waals surface area contributed by atoms with E-state index in [9.17, 15) is 0 Å². The van der Waals surface area contributed by atoms with Crippen molar-refractivity contribution in [1.29, 1.82) is 0 Å². The molecule has 0 saturated carbocycles. The van der Waals surface area contributed by atoms with Crippen molar-refractivity contribution in [3.8, 4) is 0 Å². The Hall–Kier alpha value is -1.26. The van der Waals surface area contributed by atoms with Gasteiger partial charge in [-0.3, -0.25) is 0 Å². The van der Waals surface area contributed by atoms with Crippen LogP contribution in [0.1, 0.15) is 36.1 Å². The number of thiophene rings is 1. The van der Waals surface area contributed by atoms with E-state index < -0.39 is 0 Å². The van der Waals surface area contributed by atoms with Crippen LogP contribution in [0.5, 0.6) is 0 Å². The van der Waals surface area contributed by atoms with E-state index in [1.165, 1.54) is 40.7 Å². The summed E-state index contributed by atoms with van der Waals surface area (Å²) in [7, 11) is 0. The van der Waals surface area contributed by atoms with Crippen molar-refractivity contribution in [3.63, 3.8) is 0 Å². The summed E-state index contributed by atoms with van der Waals surface area (Å²) in [5.41, 5.74) is 3.90. The van der Waals surface area contributed by atoms with Gasteiger partial charge in [0.05, 0.1) is 10.0 Å². The summed E-state index contributed by atoms with van der Waals surface area (Å²) in [6, 6.07) is 8.85. The second-order valence-electron chi connectivity index (χ2n) is 6.89. The summed E-state index contributed by atoms with van der Waals surface area (Å²) in [6.45, 7) is 0.986. The van der Waals surface area contributed by atoms with Gasteiger partial charge in [-0.2, -0.15) is 0 Å². The van der Waals surface area contributed by atoms with Crippen molar-refractivity contribution in [2.75, 3.05) is 6.54 Å². The van der Waals surface area contributed by atoms with E-state index in [4.69, 9.17) is 23.2 Å². The predicted octanol–water partition coefficient (Wildman–Crippen LogP) is 6.69. The van der Waals surface area contributed by atoms with Gasteiger partial charge in [0.25, 0.3) is 0 Å². The minimum atomic E-state index is 0.591. The number of fused-ring (bicyclic) bond motifs is 1. The Morgan fingerprint density at radius 3 is 2.88 bits per heavy atom. The van der Waals surface area contributed by atoms with Crippen LogP contribution >= 0.6 is 34.5 Å². The van der Waals surface area contributed by atoms with Crippen LogP contribution in [0.4, 0.5) is 0 Å². The fourth-order valence-corrected chi connectivity index (χ4v) is 4.83. The number of rotatable bonds is 6. The highest BCUT2D eigenvalue weighted by Gasteiger charge is 2.16. The standard InChI is InChI=1S/C21H22Cl2N2S/c22-18-11-17-15(13-25-20(17)12-19(18)23)4-1-2-5-16-10-14(7-8-24-16)21-6-3-9-26-21/h3,6-7,9,11-13,16,24-25H,1-2,4-5,8,10H2. The first-order valence-electron chi connectivity index (χ1n) is 9.12. The van der Waals surface area contributed by atoms with Crippen molar-refractivity contribution in [2.45, 2.75) is 38.1 Å². The largest absolute Gasteiger partial charge is 0.361 e. The maximum Gasteiger partial charge on any atom is 0.0613 e. The second kappa shape index (κ2) is 8.18. The maximum atomic E-state index is 6.18. The number of aromatic amines is 1. The average Bonchev–Trinajstić information content (AvgIpc) is 3.30. The molecular formula is C21H22Cl2N2S. The highest BCUT2D eigenvalue weighted by Crippen LogP contribution is 2.31. The summed E-state index contributed by atoms with van der Waals surface area (Å²) < 4.78 is 0. The smallest absolute Gasteiger partial charge is 0.0613 e. The number of hydrogen-bond acceptors (Lipinski definition) is 2. The van der Waals surface area contributed by atoms with Gasteiger partial charge in [0.1, 0.15) is 0 Å². The molecule has 1 aliphatic heterocycles. The lowest BCUT2D eigenvalue weighted by atomic mass is 9.95. The summed E-state index contributed by atoms with van der Waals surface area (Å²) >= 11 is 14.1. The van der Waals surface area contributed by atoms with Crippen LogP contribution in [0.25, 0.3) is 16.5 Å². The molecule has 0 spiro atoms. The highest BCUT2D eigenvalue weighted by molar-refractivity contribution is 7.11. The van der Waals surface area contributed by atoms with Crippen LogP contribution in [-0.4, -0.2) is 17.6 Å². The molecule has 1 aliphatic rings. The number of hydrogen-bond donors (Lipinski definition) is 2. The molecule has 0 radical (unpaired) electrons. The van der Waals surface area contributed by atoms with Gasteiger partial charge in [0.2, 0.25) is 0 Å². The Labute approximate surface area is 168 Å². The van der Waals surface area contributed by atoms with Crippen molar-refractivity contribution in [3.05, 3.63) is 62.4 Å². The van der Waals surface area contributed by atoms with Gasteiger partial charge >= 0.3 is 0 Å². The van der Waals surface area contributed by atoms with Gasteiger partial charge in [0.15, 0.2) is 0 Å². The van der Waals surface area contributed by atoms with Crippen molar-refractivity contribution in [2.24, 2.45) is 0 Å². The number of H-pyrrole nitrogens is 1. The Balaban J connectivity index is 1.29. The van der Waals surface area contributed by atoms with Gasteiger partial charge in [-0.05, 0) is 60.4 Å². The first-order valence-corrected chi connectivity index (χ1v) is 10.8. The third-order valence-electron chi connectivity index (χ3n) is 5.12. The number of aromatic nitrogens is 1. The van der Waals surface area contributed by atoms with Crippen LogP contribution < -0.4 is 5.32 Å². The quantitative estimate of drug-likeness (QED) is 0.439. The SMILES string of the molecule is Clc1cc2[nH]cc(CCCCC3CC(c4cccs4)=CCN3)c2cc1Cl. The number of nitrogens with one attached hydrogen (secondary N) is 2. The van der Waals surface area contributed by atoms with Crippen LogP contribution in [0.3, 0.4) is 0 Å². The van der Waals surface area contributed by atoms with Crippen LogP contribution in [0.2, 0.25) is 10.0 Å². The number of aryl methyl sites for hydroxylation is 1. The normalized spacial score (nSPS) is 17.6. The molecule has 1 atom stereocenters. The Bertz CT molecular complexity index is 912. The van der Waals surface area contributed by atoms with Crippen molar-refractivity contribution in [1.82, 2.24) is 10.3 Å². The van der Waals surface area contributed by atoms with Gasteiger partial charge in [-0.1, -0.05) is 41.8 Å². The van der Waals surface area contributed by atoms with Crippen LogP contribution in [0, 0.1) is 0 Å². The molecule has 0 saturated heterocycles. The van der Waals surface area contributed by atoms with Gasteiger partial charge < -0.3 is 10.3 Å². The minimum Gasteiger partial charge on any atom is -0.361 e. The number of unbranched alkanes of at least 4 members (excludes halogenated alkanes) is 1. The molecule has 2 N–H and O–H groups in total. The van der Waals surface area contributed by atoms with E-state index in [-0.39, 0.29) is 0 Å². The average molecular weight is 405 g/mol. The van der Waals surface area contributed by atoms with E-state index >= 15 is 0 Å². The molecule has 4 rings (SSSR count). The lowest BCUT2D eigenvalue weighted by Crippen LogP contribution is -2.32. The zero-order valence-corrected chi connectivity index (χ0v) is 16.9. The molecule has 5 heteroatoms. The molecule has 0 aliphatic carbocycles. The molecule has 0 bridgehead atoms. The van der Waals surface area contributed by atoms with E-state index in [1.807, 2.05) is 23.5 Å². The molecule has 26 heavy (non-hydrogen) atoms. The fourth-order valence-electron chi connectivity index (χ4n) is 3.72. The minimum absolute atomic E-state index is 0.591. The third kappa shape index (κ3) is 4.01. The Morgan fingerprint density at radius 1 is 1.15 bits per heavy atom. The predicted molar refractivity (Wildman–Crippen MR) is 115 cm³/mol. The van der Waals surface area contributed by atoms with E-state index in [0.29, 0.717) is 16.1 Å². The monoisotopic (exact) mass is 404 g/mol. The number of halogens is 2. The second-order valence-corrected chi connectivity index (χ2v) is 8.65. The van der Waals surface area contributed by atoms with Crippen LogP contribution in [0.15, 0.2) is 41.9 Å². The topological polar surface area (TPSA) is 27.8 Å². The molecule has 1 aromatic carbocycles. The first kappa shape index (κ1) is 18.1. The highest BCUT2D eigenvalue weighted by atomic mass is 35.5. The van der Waals surface area contributed by atoms with Crippen molar-refractivity contribution >= 4 is 51.0 Å². The fraction of sp³-hybridized carbons (Fsp3) is 0.333. The molecule has 3 heterocycles. The Morgan fingerprint density at radius 2 is 2.04 bits per heavy atom. The number of benzene rings is 1. The molecule has 136 valence electrons. The molecule has 0 amide bonds.